The Morgan fingerprint density at radius 3 is 2.60 bits per heavy atom. The summed E-state index contributed by atoms with van der Waals surface area (Å²) in [6, 6.07) is 1.68. The Morgan fingerprint density at radius 1 is 1.20 bits per heavy atom. The van der Waals surface area contributed by atoms with Crippen LogP contribution in [0.2, 0.25) is 0 Å². The van der Waals surface area contributed by atoms with Gasteiger partial charge in [0.25, 0.3) is 0 Å². The molecule has 15 heavy (non-hydrogen) atoms. The van der Waals surface area contributed by atoms with E-state index in [1.54, 1.807) is 0 Å². The van der Waals surface area contributed by atoms with Gasteiger partial charge in [0.2, 0.25) is 0 Å². The highest BCUT2D eigenvalue weighted by Crippen LogP contribution is 2.24. The number of nitrogens with zero attached hydrogens (tertiary/aromatic N) is 2. The molecule has 0 saturated carbocycles. The first kappa shape index (κ1) is 11.4. The van der Waals surface area contributed by atoms with Crippen molar-refractivity contribution in [2.75, 3.05) is 40.3 Å². The van der Waals surface area contributed by atoms with E-state index in [-0.39, 0.29) is 0 Å². The summed E-state index contributed by atoms with van der Waals surface area (Å²) < 4.78 is 0. The maximum absolute atomic E-state index is 3.46. The van der Waals surface area contributed by atoms with Crippen LogP contribution < -0.4 is 5.32 Å². The third-order valence-electron chi connectivity index (χ3n) is 3.78. The van der Waals surface area contributed by atoms with E-state index in [1.807, 2.05) is 0 Å². The van der Waals surface area contributed by atoms with E-state index in [9.17, 15) is 0 Å². The van der Waals surface area contributed by atoms with Gasteiger partial charge in [-0.3, -0.25) is 4.90 Å². The first-order valence-electron chi connectivity index (χ1n) is 6.38. The maximum Gasteiger partial charge on any atom is 0.0226 e. The highest BCUT2D eigenvalue weighted by atomic mass is 15.2. The average Bonchev–Trinajstić information content (AvgIpc) is 2.66. The van der Waals surface area contributed by atoms with Gasteiger partial charge in [0, 0.05) is 18.6 Å². The second-order valence-corrected chi connectivity index (χ2v) is 5.28. The monoisotopic (exact) mass is 211 g/mol. The van der Waals surface area contributed by atoms with E-state index < -0.39 is 0 Å². The molecule has 2 heterocycles. The molecule has 2 rings (SSSR count). The molecule has 0 bridgehead atoms. The van der Waals surface area contributed by atoms with Crippen LogP contribution in [0.1, 0.15) is 25.7 Å². The number of hydrogen-bond donors (Lipinski definition) is 1. The van der Waals surface area contributed by atoms with Gasteiger partial charge in [0.05, 0.1) is 0 Å². The molecule has 2 fully saturated rings. The van der Waals surface area contributed by atoms with Gasteiger partial charge < -0.3 is 10.2 Å². The minimum Gasteiger partial charge on any atom is -0.317 e. The molecule has 2 saturated heterocycles. The van der Waals surface area contributed by atoms with Gasteiger partial charge in [-0.05, 0) is 59.4 Å². The summed E-state index contributed by atoms with van der Waals surface area (Å²) in [5, 5.41) is 3.46. The van der Waals surface area contributed by atoms with Crippen LogP contribution in [0.5, 0.6) is 0 Å². The summed E-state index contributed by atoms with van der Waals surface area (Å²) in [5.74, 6) is 0. The van der Waals surface area contributed by atoms with Gasteiger partial charge >= 0.3 is 0 Å². The van der Waals surface area contributed by atoms with Crippen molar-refractivity contribution in [3.63, 3.8) is 0 Å². The quantitative estimate of drug-likeness (QED) is 0.744. The van der Waals surface area contributed by atoms with E-state index in [0.29, 0.717) is 0 Å². The average molecular weight is 211 g/mol. The standard InChI is InChI=1S/C12H25N3/c1-14(2)10-12-4-3-9-15(12)11-5-7-13-8-6-11/h11-13H,3-10H2,1-2H3. The van der Waals surface area contributed by atoms with Crippen molar-refractivity contribution in [2.24, 2.45) is 0 Å². The summed E-state index contributed by atoms with van der Waals surface area (Å²) in [5.41, 5.74) is 0. The lowest BCUT2D eigenvalue weighted by Crippen LogP contribution is -2.48. The molecule has 0 aromatic heterocycles. The number of nitrogens with one attached hydrogen (secondary N) is 1. The lowest BCUT2D eigenvalue weighted by Gasteiger charge is -2.36. The van der Waals surface area contributed by atoms with Gasteiger partial charge in [0.1, 0.15) is 0 Å². The molecule has 0 spiro atoms. The summed E-state index contributed by atoms with van der Waals surface area (Å²) in [7, 11) is 4.39. The van der Waals surface area contributed by atoms with Crippen LogP contribution in [-0.4, -0.2) is 62.2 Å². The zero-order chi connectivity index (χ0) is 10.7. The van der Waals surface area contributed by atoms with Gasteiger partial charge in [-0.1, -0.05) is 0 Å². The van der Waals surface area contributed by atoms with Crippen LogP contribution in [0.3, 0.4) is 0 Å². The van der Waals surface area contributed by atoms with Crippen LogP contribution in [0.25, 0.3) is 0 Å². The highest BCUT2D eigenvalue weighted by Gasteiger charge is 2.31. The van der Waals surface area contributed by atoms with Gasteiger partial charge in [-0.15, -0.1) is 0 Å². The lowest BCUT2D eigenvalue weighted by molar-refractivity contribution is 0.128. The topological polar surface area (TPSA) is 18.5 Å². The Bertz CT molecular complexity index is 187. The van der Waals surface area contributed by atoms with Crippen molar-refractivity contribution in [2.45, 2.75) is 37.8 Å². The van der Waals surface area contributed by atoms with Crippen LogP contribution in [0.15, 0.2) is 0 Å². The summed E-state index contributed by atoms with van der Waals surface area (Å²) >= 11 is 0. The normalized spacial score (nSPS) is 30.2. The van der Waals surface area contributed by atoms with E-state index in [2.05, 4.69) is 29.2 Å². The van der Waals surface area contributed by atoms with Crippen molar-refractivity contribution in [3.05, 3.63) is 0 Å². The molecule has 2 aliphatic heterocycles. The minimum atomic E-state index is 0.822. The fourth-order valence-electron chi connectivity index (χ4n) is 3.09. The molecule has 1 unspecified atom stereocenters. The van der Waals surface area contributed by atoms with Crippen LogP contribution >= 0.6 is 0 Å². The second-order valence-electron chi connectivity index (χ2n) is 5.28. The number of likely N-dealkylation sites (tertiary alicyclic amines) is 1. The van der Waals surface area contributed by atoms with Gasteiger partial charge in [-0.25, -0.2) is 0 Å². The Kier molecular flexibility index (Phi) is 4.00. The SMILES string of the molecule is CN(C)CC1CCCN1C1CCNCC1. The highest BCUT2D eigenvalue weighted by molar-refractivity contribution is 4.88. The fourth-order valence-corrected chi connectivity index (χ4v) is 3.09. The molecule has 1 atom stereocenters. The van der Waals surface area contributed by atoms with E-state index in [4.69, 9.17) is 0 Å². The van der Waals surface area contributed by atoms with Crippen molar-refractivity contribution in [1.82, 2.24) is 15.1 Å². The molecule has 0 aliphatic carbocycles. The van der Waals surface area contributed by atoms with Crippen LogP contribution in [0, 0.1) is 0 Å². The zero-order valence-electron chi connectivity index (χ0n) is 10.2. The third kappa shape index (κ3) is 2.92. The number of likely N-dealkylation sites (N-methyl/N-ethyl adjacent to an activating group) is 1. The first-order chi connectivity index (χ1) is 7.27. The second kappa shape index (κ2) is 5.28. The first-order valence-corrected chi connectivity index (χ1v) is 6.38. The molecule has 88 valence electrons. The Hall–Kier alpha value is -0.120. The van der Waals surface area contributed by atoms with E-state index >= 15 is 0 Å². The molecule has 1 N–H and O–H groups in total. The zero-order valence-corrected chi connectivity index (χ0v) is 10.2. The van der Waals surface area contributed by atoms with Gasteiger partial charge in [0.15, 0.2) is 0 Å². The Labute approximate surface area is 93.8 Å². The Morgan fingerprint density at radius 2 is 1.93 bits per heavy atom. The van der Waals surface area contributed by atoms with Crippen molar-refractivity contribution in [3.8, 4) is 0 Å². The minimum absolute atomic E-state index is 0.822. The largest absolute Gasteiger partial charge is 0.317 e. The Balaban J connectivity index is 1.88. The molecular weight excluding hydrogens is 186 g/mol. The van der Waals surface area contributed by atoms with E-state index in [0.717, 1.165) is 12.1 Å². The molecule has 0 aromatic rings. The van der Waals surface area contributed by atoms with E-state index in [1.165, 1.54) is 51.9 Å². The van der Waals surface area contributed by atoms with Crippen LogP contribution in [-0.2, 0) is 0 Å². The van der Waals surface area contributed by atoms with Crippen LogP contribution in [0.4, 0.5) is 0 Å². The third-order valence-corrected chi connectivity index (χ3v) is 3.78. The molecule has 0 radical (unpaired) electrons. The fraction of sp³-hybridized carbons (Fsp3) is 1.00. The van der Waals surface area contributed by atoms with Crippen molar-refractivity contribution < 1.29 is 0 Å². The molecule has 2 aliphatic rings. The lowest BCUT2D eigenvalue weighted by atomic mass is 10.0. The van der Waals surface area contributed by atoms with Crippen molar-refractivity contribution >= 4 is 0 Å². The van der Waals surface area contributed by atoms with Gasteiger partial charge in [-0.2, -0.15) is 0 Å². The smallest absolute Gasteiger partial charge is 0.0226 e. The maximum atomic E-state index is 3.46. The summed E-state index contributed by atoms with van der Waals surface area (Å²) in [4.78, 5) is 5.12. The number of hydrogen-bond acceptors (Lipinski definition) is 3. The molecule has 3 heteroatoms. The molecule has 3 nitrogen and oxygen atoms in total. The molecule has 0 amide bonds. The molecular formula is C12H25N3. The van der Waals surface area contributed by atoms with Crippen molar-refractivity contribution in [1.29, 1.82) is 0 Å². The number of rotatable bonds is 3. The summed E-state index contributed by atoms with van der Waals surface area (Å²) in [6.07, 6.45) is 5.51. The molecule has 0 aromatic carbocycles. The predicted molar refractivity (Wildman–Crippen MR) is 64.2 cm³/mol. The number of piperidine rings is 1. The summed E-state index contributed by atoms with van der Waals surface area (Å²) in [6.45, 7) is 5.01. The predicted octanol–water partition coefficient (Wildman–Crippen LogP) is 0.764.